The highest BCUT2D eigenvalue weighted by atomic mass is 19.1. The van der Waals surface area contributed by atoms with Gasteiger partial charge in [0.1, 0.15) is 0 Å². The third-order valence-corrected chi connectivity index (χ3v) is 3.60. The topological polar surface area (TPSA) is 12.5 Å². The molecule has 1 aliphatic rings. The van der Waals surface area contributed by atoms with Crippen LogP contribution >= 0.6 is 0 Å². The molecule has 1 fully saturated rings. The summed E-state index contributed by atoms with van der Waals surface area (Å²) in [4.78, 5) is 2.43. The van der Waals surface area contributed by atoms with E-state index in [1.54, 1.807) is 12.1 Å². The second kappa shape index (κ2) is 5.50. The standard InChI is InChI=1S/C14H20FNO/c1-3-16-8-4-5-12(10-16)11-6-7-14(17-2)13(15)9-11/h6-7,9,12H,3-5,8,10H2,1-2H3. The van der Waals surface area contributed by atoms with Gasteiger partial charge in [-0.25, -0.2) is 4.39 Å². The first kappa shape index (κ1) is 12.4. The number of piperidine rings is 1. The van der Waals surface area contributed by atoms with Crippen LogP contribution in [0.3, 0.4) is 0 Å². The summed E-state index contributed by atoms with van der Waals surface area (Å²) in [6.45, 7) is 5.47. The van der Waals surface area contributed by atoms with Gasteiger partial charge in [-0.1, -0.05) is 13.0 Å². The molecular weight excluding hydrogens is 217 g/mol. The predicted octanol–water partition coefficient (Wildman–Crippen LogP) is 3.03. The van der Waals surface area contributed by atoms with Gasteiger partial charge < -0.3 is 9.64 Å². The van der Waals surface area contributed by atoms with Gasteiger partial charge in [0, 0.05) is 6.54 Å². The van der Waals surface area contributed by atoms with Crippen molar-refractivity contribution in [3.8, 4) is 5.75 Å². The molecule has 1 atom stereocenters. The fraction of sp³-hybridized carbons (Fsp3) is 0.571. The number of hydrogen-bond acceptors (Lipinski definition) is 2. The Hall–Kier alpha value is -1.09. The molecule has 2 rings (SSSR count). The van der Waals surface area contributed by atoms with E-state index in [2.05, 4.69) is 11.8 Å². The van der Waals surface area contributed by atoms with Gasteiger partial charge in [0.05, 0.1) is 7.11 Å². The maximum absolute atomic E-state index is 13.6. The van der Waals surface area contributed by atoms with E-state index in [0.29, 0.717) is 11.7 Å². The van der Waals surface area contributed by atoms with E-state index in [4.69, 9.17) is 4.74 Å². The molecule has 0 N–H and O–H groups in total. The zero-order valence-electron chi connectivity index (χ0n) is 10.6. The second-order valence-corrected chi connectivity index (χ2v) is 4.63. The van der Waals surface area contributed by atoms with Gasteiger partial charge >= 0.3 is 0 Å². The van der Waals surface area contributed by atoms with E-state index >= 15 is 0 Å². The minimum Gasteiger partial charge on any atom is -0.494 e. The van der Waals surface area contributed by atoms with Crippen LogP contribution in [0.1, 0.15) is 31.2 Å². The highest BCUT2D eigenvalue weighted by Gasteiger charge is 2.21. The van der Waals surface area contributed by atoms with Crippen molar-refractivity contribution in [2.24, 2.45) is 0 Å². The SMILES string of the molecule is CCN1CCCC(c2ccc(OC)c(F)c2)C1. The van der Waals surface area contributed by atoms with Gasteiger partial charge in [0.2, 0.25) is 0 Å². The molecule has 0 spiro atoms. The van der Waals surface area contributed by atoms with E-state index in [1.165, 1.54) is 20.1 Å². The van der Waals surface area contributed by atoms with Crippen LogP contribution in [0.5, 0.6) is 5.75 Å². The number of nitrogens with zero attached hydrogens (tertiary/aromatic N) is 1. The van der Waals surface area contributed by atoms with Crippen molar-refractivity contribution in [3.63, 3.8) is 0 Å². The fourth-order valence-electron chi connectivity index (χ4n) is 2.55. The fourth-order valence-corrected chi connectivity index (χ4v) is 2.55. The van der Waals surface area contributed by atoms with Crippen LogP contribution < -0.4 is 4.74 Å². The molecule has 1 aromatic carbocycles. The molecule has 94 valence electrons. The van der Waals surface area contributed by atoms with Gasteiger partial charge in [-0.15, -0.1) is 0 Å². The van der Waals surface area contributed by atoms with Crippen LogP contribution in [-0.4, -0.2) is 31.6 Å². The minimum absolute atomic E-state index is 0.251. The first-order valence-corrected chi connectivity index (χ1v) is 6.30. The molecule has 0 aromatic heterocycles. The monoisotopic (exact) mass is 237 g/mol. The van der Waals surface area contributed by atoms with Crippen LogP contribution in [0, 0.1) is 5.82 Å². The Morgan fingerprint density at radius 3 is 2.94 bits per heavy atom. The minimum atomic E-state index is -0.251. The molecule has 0 amide bonds. The zero-order chi connectivity index (χ0) is 12.3. The molecule has 0 saturated carbocycles. The predicted molar refractivity (Wildman–Crippen MR) is 67.0 cm³/mol. The first-order chi connectivity index (χ1) is 8.24. The number of rotatable bonds is 3. The molecule has 1 aliphatic heterocycles. The lowest BCUT2D eigenvalue weighted by molar-refractivity contribution is 0.217. The summed E-state index contributed by atoms with van der Waals surface area (Å²) in [6, 6.07) is 5.35. The van der Waals surface area contributed by atoms with Crippen molar-refractivity contribution in [1.82, 2.24) is 4.90 Å². The average Bonchev–Trinajstić information content (AvgIpc) is 2.38. The van der Waals surface area contributed by atoms with Gasteiger partial charge in [0.15, 0.2) is 11.6 Å². The number of likely N-dealkylation sites (N-methyl/N-ethyl adjacent to an activating group) is 1. The van der Waals surface area contributed by atoms with E-state index in [-0.39, 0.29) is 5.82 Å². The van der Waals surface area contributed by atoms with Crippen LogP contribution in [0.15, 0.2) is 18.2 Å². The summed E-state index contributed by atoms with van der Waals surface area (Å²) in [6.07, 6.45) is 2.36. The highest BCUT2D eigenvalue weighted by Crippen LogP contribution is 2.29. The lowest BCUT2D eigenvalue weighted by Gasteiger charge is -2.32. The van der Waals surface area contributed by atoms with Gasteiger partial charge in [-0.2, -0.15) is 0 Å². The number of hydrogen-bond donors (Lipinski definition) is 0. The van der Waals surface area contributed by atoms with Crippen LogP contribution in [-0.2, 0) is 0 Å². The van der Waals surface area contributed by atoms with Gasteiger partial charge in [0.25, 0.3) is 0 Å². The van der Waals surface area contributed by atoms with Crippen LogP contribution in [0.4, 0.5) is 4.39 Å². The Bertz CT molecular complexity index is 380. The Labute approximate surface area is 102 Å². The third kappa shape index (κ3) is 2.78. The molecule has 0 bridgehead atoms. The number of halogens is 1. The van der Waals surface area contributed by atoms with Crippen molar-refractivity contribution < 1.29 is 9.13 Å². The summed E-state index contributed by atoms with van der Waals surface area (Å²) in [5, 5.41) is 0. The van der Waals surface area contributed by atoms with Crippen molar-refractivity contribution in [2.75, 3.05) is 26.7 Å². The summed E-state index contributed by atoms with van der Waals surface area (Å²) < 4.78 is 18.6. The van der Waals surface area contributed by atoms with Crippen molar-refractivity contribution in [3.05, 3.63) is 29.6 Å². The smallest absolute Gasteiger partial charge is 0.165 e. The van der Waals surface area contributed by atoms with Gasteiger partial charge in [-0.05, 0) is 49.5 Å². The molecule has 2 nitrogen and oxygen atoms in total. The number of likely N-dealkylation sites (tertiary alicyclic amines) is 1. The Balaban J connectivity index is 2.13. The normalized spacial score (nSPS) is 21.5. The molecular formula is C14H20FNO. The molecule has 0 radical (unpaired) electrons. The molecule has 1 saturated heterocycles. The molecule has 1 aromatic rings. The van der Waals surface area contributed by atoms with E-state index in [9.17, 15) is 4.39 Å². The number of ether oxygens (including phenoxy) is 1. The molecule has 17 heavy (non-hydrogen) atoms. The quantitative estimate of drug-likeness (QED) is 0.801. The Morgan fingerprint density at radius 2 is 2.29 bits per heavy atom. The summed E-state index contributed by atoms with van der Waals surface area (Å²) in [7, 11) is 1.50. The summed E-state index contributed by atoms with van der Waals surface area (Å²) in [5.41, 5.74) is 1.10. The average molecular weight is 237 g/mol. The largest absolute Gasteiger partial charge is 0.494 e. The van der Waals surface area contributed by atoms with Crippen LogP contribution in [0.25, 0.3) is 0 Å². The Kier molecular flexibility index (Phi) is 4.00. The third-order valence-electron chi connectivity index (χ3n) is 3.60. The lowest BCUT2D eigenvalue weighted by Crippen LogP contribution is -2.34. The molecule has 1 heterocycles. The number of methoxy groups -OCH3 is 1. The van der Waals surface area contributed by atoms with E-state index in [1.807, 2.05) is 6.07 Å². The van der Waals surface area contributed by atoms with Crippen molar-refractivity contribution in [2.45, 2.75) is 25.7 Å². The number of benzene rings is 1. The van der Waals surface area contributed by atoms with Crippen molar-refractivity contribution >= 4 is 0 Å². The Morgan fingerprint density at radius 1 is 1.47 bits per heavy atom. The maximum Gasteiger partial charge on any atom is 0.165 e. The lowest BCUT2D eigenvalue weighted by atomic mass is 9.90. The molecule has 3 heteroatoms. The van der Waals surface area contributed by atoms with E-state index < -0.39 is 0 Å². The molecule has 1 unspecified atom stereocenters. The van der Waals surface area contributed by atoms with Crippen molar-refractivity contribution in [1.29, 1.82) is 0 Å². The summed E-state index contributed by atoms with van der Waals surface area (Å²) in [5.74, 6) is 0.541. The second-order valence-electron chi connectivity index (χ2n) is 4.63. The summed E-state index contributed by atoms with van der Waals surface area (Å²) >= 11 is 0. The van der Waals surface area contributed by atoms with Crippen LogP contribution in [0.2, 0.25) is 0 Å². The maximum atomic E-state index is 13.6. The first-order valence-electron chi connectivity index (χ1n) is 6.30. The van der Waals surface area contributed by atoms with E-state index in [0.717, 1.165) is 25.1 Å². The zero-order valence-corrected chi connectivity index (χ0v) is 10.6. The highest BCUT2D eigenvalue weighted by molar-refractivity contribution is 5.31. The molecule has 0 aliphatic carbocycles. The van der Waals surface area contributed by atoms with Gasteiger partial charge in [-0.3, -0.25) is 0 Å².